The second-order valence-corrected chi connectivity index (χ2v) is 7.05. The summed E-state index contributed by atoms with van der Waals surface area (Å²) in [6, 6.07) is 22.7. The Bertz CT molecular complexity index is 1140. The van der Waals surface area contributed by atoms with E-state index in [9.17, 15) is 14.9 Å². The molecule has 1 aromatic heterocycles. The summed E-state index contributed by atoms with van der Waals surface area (Å²) in [5, 5.41) is 11.7. The number of thiazole rings is 1. The van der Waals surface area contributed by atoms with Crippen molar-refractivity contribution in [1.29, 1.82) is 0 Å². The number of nitro benzene ring substituents is 1. The van der Waals surface area contributed by atoms with Gasteiger partial charge in [-0.2, -0.15) is 0 Å². The number of amides is 1. The van der Waals surface area contributed by atoms with Crippen LogP contribution >= 0.6 is 11.3 Å². The summed E-state index contributed by atoms with van der Waals surface area (Å²) in [6.07, 6.45) is 0. The van der Waals surface area contributed by atoms with Gasteiger partial charge in [0.2, 0.25) is 0 Å². The van der Waals surface area contributed by atoms with Gasteiger partial charge in [0.25, 0.3) is 5.91 Å². The van der Waals surface area contributed by atoms with Gasteiger partial charge in [0.15, 0.2) is 17.5 Å². The molecule has 0 saturated carbocycles. The number of fused-ring (bicyclic) bond motifs is 1. The van der Waals surface area contributed by atoms with Crippen molar-refractivity contribution in [3.63, 3.8) is 0 Å². The van der Waals surface area contributed by atoms with Gasteiger partial charge in [-0.15, -0.1) is 0 Å². The molecule has 7 nitrogen and oxygen atoms in total. The lowest BCUT2D eigenvalue weighted by Crippen LogP contribution is -2.30. The monoisotopic (exact) mass is 405 g/mol. The van der Waals surface area contributed by atoms with Crippen LogP contribution in [0.1, 0.15) is 0 Å². The molecule has 1 amide bonds. The van der Waals surface area contributed by atoms with Gasteiger partial charge in [0, 0.05) is 6.07 Å². The van der Waals surface area contributed by atoms with Crippen LogP contribution in [0, 0.1) is 10.1 Å². The fourth-order valence-electron chi connectivity index (χ4n) is 2.83. The summed E-state index contributed by atoms with van der Waals surface area (Å²) in [5.74, 6) is -0.337. The average molecular weight is 405 g/mol. The zero-order valence-corrected chi connectivity index (χ0v) is 15.9. The summed E-state index contributed by atoms with van der Waals surface area (Å²) in [5.41, 5.74) is 1.25. The number of nitrogens with zero attached hydrogens (tertiary/aromatic N) is 3. The number of aromatic nitrogens is 1. The van der Waals surface area contributed by atoms with E-state index >= 15 is 0 Å². The fourth-order valence-corrected chi connectivity index (χ4v) is 3.83. The summed E-state index contributed by atoms with van der Waals surface area (Å²) >= 11 is 1.39. The van der Waals surface area contributed by atoms with Crippen LogP contribution in [-0.4, -0.2) is 22.4 Å². The summed E-state index contributed by atoms with van der Waals surface area (Å²) in [7, 11) is 0. The summed E-state index contributed by atoms with van der Waals surface area (Å²) in [4.78, 5) is 29.7. The SMILES string of the molecule is O=C(COc1ccccc1[N+](=O)[O-])N(c1ccccc1)c1nc2ccccc2s1. The van der Waals surface area contributed by atoms with E-state index in [0.29, 0.717) is 10.8 Å². The van der Waals surface area contributed by atoms with Gasteiger partial charge >= 0.3 is 5.69 Å². The first kappa shape index (κ1) is 18.6. The van der Waals surface area contributed by atoms with E-state index in [2.05, 4.69) is 4.98 Å². The minimum absolute atomic E-state index is 0.0446. The third kappa shape index (κ3) is 3.92. The number of carbonyl (C=O) groups is 1. The van der Waals surface area contributed by atoms with Gasteiger partial charge in [-0.3, -0.25) is 19.8 Å². The normalized spacial score (nSPS) is 10.6. The lowest BCUT2D eigenvalue weighted by Gasteiger charge is -2.20. The van der Waals surface area contributed by atoms with Gasteiger partial charge < -0.3 is 4.74 Å². The number of ether oxygens (including phenoxy) is 1. The van der Waals surface area contributed by atoms with Crippen LogP contribution in [0.25, 0.3) is 10.2 Å². The first-order valence-corrected chi connectivity index (χ1v) is 9.55. The van der Waals surface area contributed by atoms with E-state index in [1.165, 1.54) is 28.4 Å². The molecule has 0 aliphatic heterocycles. The predicted octanol–water partition coefficient (Wildman–Crippen LogP) is 4.95. The fraction of sp³-hybridized carbons (Fsp3) is 0.0476. The molecule has 0 fully saturated rings. The molecule has 4 rings (SSSR count). The van der Waals surface area contributed by atoms with Crippen molar-refractivity contribution in [3.05, 3.63) is 89.0 Å². The molecule has 0 N–H and O–H groups in total. The average Bonchev–Trinajstić information content (AvgIpc) is 3.17. The van der Waals surface area contributed by atoms with Gasteiger partial charge in [0.05, 0.1) is 20.8 Å². The highest BCUT2D eigenvalue weighted by Gasteiger charge is 2.23. The minimum Gasteiger partial charge on any atom is -0.477 e. The van der Waals surface area contributed by atoms with Gasteiger partial charge in [0.1, 0.15) is 0 Å². The van der Waals surface area contributed by atoms with Gasteiger partial charge in [-0.25, -0.2) is 4.98 Å². The van der Waals surface area contributed by atoms with Crippen LogP contribution < -0.4 is 9.64 Å². The largest absolute Gasteiger partial charge is 0.477 e. The molecule has 0 saturated heterocycles. The van der Waals surface area contributed by atoms with E-state index in [0.717, 1.165) is 10.2 Å². The topological polar surface area (TPSA) is 85.6 Å². The number of rotatable bonds is 6. The number of hydrogen-bond acceptors (Lipinski definition) is 6. The van der Waals surface area contributed by atoms with Crippen LogP contribution in [0.5, 0.6) is 5.75 Å². The van der Waals surface area contributed by atoms with Crippen LogP contribution in [0.4, 0.5) is 16.5 Å². The Hall–Kier alpha value is -3.78. The van der Waals surface area contributed by atoms with Crippen molar-refractivity contribution in [2.45, 2.75) is 0 Å². The third-order valence-electron chi connectivity index (χ3n) is 4.15. The Morgan fingerprint density at radius 2 is 1.69 bits per heavy atom. The Morgan fingerprint density at radius 1 is 1.00 bits per heavy atom. The maximum Gasteiger partial charge on any atom is 0.310 e. The smallest absolute Gasteiger partial charge is 0.310 e. The summed E-state index contributed by atoms with van der Waals surface area (Å²) in [6.45, 7) is -0.365. The second kappa shape index (κ2) is 8.07. The Kier molecular flexibility index (Phi) is 5.17. The summed E-state index contributed by atoms with van der Waals surface area (Å²) < 4.78 is 6.46. The molecule has 3 aromatic carbocycles. The second-order valence-electron chi connectivity index (χ2n) is 6.04. The molecule has 144 valence electrons. The molecule has 0 atom stereocenters. The Labute approximate surface area is 170 Å². The molecular formula is C21H15N3O4S. The molecule has 8 heteroatoms. The number of benzene rings is 3. The van der Waals surface area contributed by atoms with Crippen LogP contribution in [0.15, 0.2) is 78.9 Å². The lowest BCUT2D eigenvalue weighted by atomic mass is 10.3. The minimum atomic E-state index is -0.539. The van der Waals surface area contributed by atoms with E-state index < -0.39 is 4.92 Å². The number of para-hydroxylation sites is 4. The van der Waals surface area contributed by atoms with Crippen molar-refractivity contribution in [2.24, 2.45) is 0 Å². The number of anilines is 2. The maximum atomic E-state index is 13.1. The zero-order chi connectivity index (χ0) is 20.2. The molecule has 0 radical (unpaired) electrons. The molecule has 0 aliphatic carbocycles. The Morgan fingerprint density at radius 3 is 2.45 bits per heavy atom. The molecule has 0 unspecified atom stereocenters. The number of nitro groups is 1. The molecule has 0 bridgehead atoms. The third-order valence-corrected chi connectivity index (χ3v) is 5.17. The van der Waals surface area contributed by atoms with Gasteiger partial charge in [-0.05, 0) is 30.3 Å². The first-order valence-electron chi connectivity index (χ1n) is 8.73. The maximum absolute atomic E-state index is 13.1. The molecule has 1 heterocycles. The quantitative estimate of drug-likeness (QED) is 0.335. The molecule has 0 spiro atoms. The Balaban J connectivity index is 1.65. The predicted molar refractivity (Wildman–Crippen MR) is 112 cm³/mol. The molecule has 29 heavy (non-hydrogen) atoms. The zero-order valence-electron chi connectivity index (χ0n) is 15.1. The van der Waals surface area contributed by atoms with E-state index in [-0.39, 0.29) is 24.0 Å². The van der Waals surface area contributed by atoms with Crippen molar-refractivity contribution in [2.75, 3.05) is 11.5 Å². The van der Waals surface area contributed by atoms with E-state index in [4.69, 9.17) is 4.74 Å². The highest BCUT2D eigenvalue weighted by Crippen LogP contribution is 2.34. The van der Waals surface area contributed by atoms with Crippen molar-refractivity contribution >= 4 is 44.0 Å². The van der Waals surface area contributed by atoms with E-state index in [1.807, 2.05) is 42.5 Å². The van der Waals surface area contributed by atoms with Crippen molar-refractivity contribution < 1.29 is 14.5 Å². The first-order chi connectivity index (χ1) is 14.1. The van der Waals surface area contributed by atoms with Crippen LogP contribution in [0.3, 0.4) is 0 Å². The number of hydrogen-bond donors (Lipinski definition) is 0. The van der Waals surface area contributed by atoms with Gasteiger partial charge in [-0.1, -0.05) is 53.8 Å². The van der Waals surface area contributed by atoms with Crippen LogP contribution in [-0.2, 0) is 4.79 Å². The standard InChI is InChI=1S/C21H15N3O4S/c25-20(14-28-18-12-6-5-11-17(18)24(26)27)23(15-8-2-1-3-9-15)21-22-16-10-4-7-13-19(16)29-21/h1-13H,14H2. The highest BCUT2D eigenvalue weighted by atomic mass is 32.1. The molecule has 0 aliphatic rings. The lowest BCUT2D eigenvalue weighted by molar-refractivity contribution is -0.385. The molecular weight excluding hydrogens is 390 g/mol. The highest BCUT2D eigenvalue weighted by molar-refractivity contribution is 7.22. The number of carbonyl (C=O) groups excluding carboxylic acids is 1. The van der Waals surface area contributed by atoms with Crippen LogP contribution in [0.2, 0.25) is 0 Å². The van der Waals surface area contributed by atoms with Crippen molar-refractivity contribution in [3.8, 4) is 5.75 Å². The molecule has 4 aromatic rings. The van der Waals surface area contributed by atoms with E-state index in [1.54, 1.807) is 24.3 Å². The van der Waals surface area contributed by atoms with Crippen molar-refractivity contribution in [1.82, 2.24) is 4.98 Å².